The first-order valence-corrected chi connectivity index (χ1v) is 18.0. The van der Waals surface area contributed by atoms with Gasteiger partial charge in [-0.15, -0.1) is 0 Å². The minimum Gasteiger partial charge on any atom is -0.414 e. The van der Waals surface area contributed by atoms with Crippen LogP contribution >= 0.6 is 0 Å². The van der Waals surface area contributed by atoms with Crippen molar-refractivity contribution in [2.75, 3.05) is 0 Å². The Morgan fingerprint density at radius 1 is 1.00 bits per heavy atom. The average molecular weight is 511 g/mol. The second kappa shape index (κ2) is 11.5. The van der Waals surface area contributed by atoms with Gasteiger partial charge in [0.25, 0.3) is 0 Å². The maximum atomic E-state index is 6.82. The first kappa shape index (κ1) is 29.7. The van der Waals surface area contributed by atoms with E-state index in [9.17, 15) is 0 Å². The maximum absolute atomic E-state index is 6.82. The third-order valence-corrected chi connectivity index (χ3v) is 15.4. The third kappa shape index (κ3) is 6.58. The molecular weight excluding hydrogens is 452 g/mol. The van der Waals surface area contributed by atoms with E-state index in [0.29, 0.717) is 23.4 Å². The fourth-order valence-corrected chi connectivity index (χ4v) is 8.31. The third-order valence-electron chi connectivity index (χ3n) is 10.9. The molecule has 6 atom stereocenters. The van der Waals surface area contributed by atoms with Crippen molar-refractivity contribution in [1.82, 2.24) is 0 Å². The molecule has 3 aliphatic rings. The van der Waals surface area contributed by atoms with E-state index in [4.69, 9.17) is 4.43 Å². The van der Waals surface area contributed by atoms with Crippen molar-refractivity contribution in [2.24, 2.45) is 35.0 Å². The van der Waals surface area contributed by atoms with Crippen molar-refractivity contribution in [3.8, 4) is 0 Å². The van der Waals surface area contributed by atoms with Crippen LogP contribution in [0.2, 0.25) is 18.1 Å². The molecule has 0 saturated heterocycles. The smallest absolute Gasteiger partial charge is 0.192 e. The van der Waals surface area contributed by atoms with Gasteiger partial charge in [-0.2, -0.15) is 0 Å². The molecule has 0 spiro atoms. The van der Waals surface area contributed by atoms with Gasteiger partial charge >= 0.3 is 0 Å². The second-order valence-corrected chi connectivity index (χ2v) is 19.5. The summed E-state index contributed by atoms with van der Waals surface area (Å²) in [5.41, 5.74) is 4.94. The molecule has 3 rings (SSSR count). The highest BCUT2D eigenvalue weighted by Gasteiger charge is 2.50. The SMILES string of the molecule is C=C1CCC(O[Si](C)(C)C(C)(C)C)CC1=C/C=C1\CCCC2(C)C1CCC2C(C)/C=C/C(C)C(C)C. The highest BCUT2D eigenvalue weighted by molar-refractivity contribution is 6.74. The summed E-state index contributed by atoms with van der Waals surface area (Å²) in [6.07, 6.45) is 20.4. The van der Waals surface area contributed by atoms with E-state index in [-0.39, 0.29) is 5.04 Å². The Kier molecular flexibility index (Phi) is 9.47. The lowest BCUT2D eigenvalue weighted by atomic mass is 9.61. The van der Waals surface area contributed by atoms with Gasteiger partial charge in [-0.1, -0.05) is 97.4 Å². The molecule has 0 bridgehead atoms. The quantitative estimate of drug-likeness (QED) is 0.244. The highest BCUT2D eigenvalue weighted by Crippen LogP contribution is 2.59. The van der Waals surface area contributed by atoms with Crippen LogP contribution in [0.5, 0.6) is 0 Å². The molecule has 0 aromatic carbocycles. The zero-order valence-corrected chi connectivity index (χ0v) is 26.5. The van der Waals surface area contributed by atoms with Gasteiger partial charge < -0.3 is 4.43 Å². The van der Waals surface area contributed by atoms with Crippen LogP contribution in [0.15, 0.2) is 47.6 Å². The number of rotatable bonds is 7. The largest absolute Gasteiger partial charge is 0.414 e. The van der Waals surface area contributed by atoms with Crippen molar-refractivity contribution < 1.29 is 4.43 Å². The number of fused-ring (bicyclic) bond motifs is 1. The van der Waals surface area contributed by atoms with Gasteiger partial charge in [-0.25, -0.2) is 0 Å². The molecular formula is C34H58OSi. The monoisotopic (exact) mass is 510 g/mol. The summed E-state index contributed by atoms with van der Waals surface area (Å²) in [6, 6.07) is 0. The minimum absolute atomic E-state index is 0.262. The van der Waals surface area contributed by atoms with Gasteiger partial charge in [-0.05, 0) is 110 Å². The average Bonchev–Trinajstić information content (AvgIpc) is 3.14. The minimum atomic E-state index is -1.74. The second-order valence-electron chi connectivity index (χ2n) is 14.7. The van der Waals surface area contributed by atoms with Gasteiger partial charge in [0.05, 0.1) is 0 Å². The lowest BCUT2D eigenvalue weighted by molar-refractivity contribution is 0.112. The van der Waals surface area contributed by atoms with Crippen LogP contribution in [0.3, 0.4) is 0 Å². The Balaban J connectivity index is 1.73. The topological polar surface area (TPSA) is 9.23 Å². The van der Waals surface area contributed by atoms with E-state index in [1.165, 1.54) is 43.3 Å². The van der Waals surface area contributed by atoms with Gasteiger partial charge in [0.15, 0.2) is 8.32 Å². The molecule has 1 nitrogen and oxygen atoms in total. The summed E-state index contributed by atoms with van der Waals surface area (Å²) in [5, 5.41) is 0.262. The zero-order chi connectivity index (χ0) is 26.9. The van der Waals surface area contributed by atoms with Crippen LogP contribution in [-0.2, 0) is 4.43 Å². The molecule has 204 valence electrons. The van der Waals surface area contributed by atoms with Crippen molar-refractivity contribution in [3.63, 3.8) is 0 Å². The zero-order valence-electron chi connectivity index (χ0n) is 25.5. The van der Waals surface area contributed by atoms with Crippen LogP contribution in [0.1, 0.15) is 107 Å². The van der Waals surface area contributed by atoms with E-state index in [0.717, 1.165) is 37.0 Å². The highest BCUT2D eigenvalue weighted by atomic mass is 28.4. The fourth-order valence-electron chi connectivity index (χ4n) is 6.93. The molecule has 0 aromatic rings. The molecule has 6 unspecified atom stereocenters. The molecule has 0 N–H and O–H groups in total. The van der Waals surface area contributed by atoms with E-state index < -0.39 is 8.32 Å². The van der Waals surface area contributed by atoms with E-state index in [1.807, 2.05) is 0 Å². The van der Waals surface area contributed by atoms with Crippen LogP contribution in [-0.4, -0.2) is 14.4 Å². The Labute approximate surface area is 226 Å². The van der Waals surface area contributed by atoms with Gasteiger partial charge in [0, 0.05) is 6.10 Å². The predicted molar refractivity (Wildman–Crippen MR) is 162 cm³/mol. The molecule has 2 heteroatoms. The Bertz CT molecular complexity index is 866. The first-order valence-electron chi connectivity index (χ1n) is 15.1. The summed E-state index contributed by atoms with van der Waals surface area (Å²) in [6.45, 7) is 28.4. The summed E-state index contributed by atoms with van der Waals surface area (Å²) in [4.78, 5) is 0. The van der Waals surface area contributed by atoms with Crippen molar-refractivity contribution in [1.29, 1.82) is 0 Å². The van der Waals surface area contributed by atoms with Crippen LogP contribution in [0.25, 0.3) is 0 Å². The molecule has 0 aromatic heterocycles. The Morgan fingerprint density at radius 2 is 1.69 bits per heavy atom. The molecule has 0 aliphatic heterocycles. The van der Waals surface area contributed by atoms with E-state index >= 15 is 0 Å². The lowest BCUT2D eigenvalue weighted by Gasteiger charge is -2.44. The van der Waals surface area contributed by atoms with Crippen molar-refractivity contribution in [2.45, 2.75) is 131 Å². The van der Waals surface area contributed by atoms with Gasteiger partial charge in [0.2, 0.25) is 0 Å². The molecule has 3 aliphatic carbocycles. The summed E-state index contributed by atoms with van der Waals surface area (Å²) >= 11 is 0. The van der Waals surface area contributed by atoms with Crippen molar-refractivity contribution in [3.05, 3.63) is 47.6 Å². The number of hydrogen-bond acceptors (Lipinski definition) is 1. The van der Waals surface area contributed by atoms with Crippen molar-refractivity contribution >= 4 is 8.32 Å². The number of hydrogen-bond donors (Lipinski definition) is 0. The normalized spacial score (nSPS) is 34.1. The predicted octanol–water partition coefficient (Wildman–Crippen LogP) is 10.7. The summed E-state index contributed by atoms with van der Waals surface area (Å²) < 4.78 is 6.82. The lowest BCUT2D eigenvalue weighted by Crippen LogP contribution is -2.44. The molecule has 0 amide bonds. The van der Waals surface area contributed by atoms with Gasteiger partial charge in [-0.3, -0.25) is 0 Å². The molecule has 0 radical (unpaired) electrons. The summed E-state index contributed by atoms with van der Waals surface area (Å²) in [7, 11) is -1.74. The maximum Gasteiger partial charge on any atom is 0.192 e. The molecule has 36 heavy (non-hydrogen) atoms. The molecule has 3 fully saturated rings. The van der Waals surface area contributed by atoms with Crippen LogP contribution in [0.4, 0.5) is 0 Å². The van der Waals surface area contributed by atoms with Crippen LogP contribution in [0, 0.1) is 35.0 Å². The molecule has 3 saturated carbocycles. The van der Waals surface area contributed by atoms with E-state index in [1.54, 1.807) is 5.57 Å². The Hall–Kier alpha value is -0.863. The van der Waals surface area contributed by atoms with Gasteiger partial charge in [0.1, 0.15) is 0 Å². The fraction of sp³-hybridized carbons (Fsp3) is 0.765. The molecule has 0 heterocycles. The number of allylic oxidation sites excluding steroid dienone is 6. The Morgan fingerprint density at radius 3 is 2.33 bits per heavy atom. The standard InChI is InChI=1S/C34H58OSi/c1-24(2)25(3)14-15-27(5)31-20-21-32-28(13-12-22-34(31,32)9)17-18-29-23-30(19-16-26(29)4)35-36(10,11)33(6,7)8/h14-15,17-18,24-25,27,30-32H,4,12-13,16,19-23H2,1-3,5-11H3/b15-14+,28-17+,29-18?. The van der Waals surface area contributed by atoms with E-state index in [2.05, 4.69) is 99.4 Å². The van der Waals surface area contributed by atoms with Crippen LogP contribution < -0.4 is 0 Å². The first-order chi connectivity index (χ1) is 16.7. The summed E-state index contributed by atoms with van der Waals surface area (Å²) in [5.74, 6) is 3.62.